The van der Waals surface area contributed by atoms with Crippen LogP contribution in [0.2, 0.25) is 0 Å². The van der Waals surface area contributed by atoms with Gasteiger partial charge in [0.15, 0.2) is 0 Å². The molecule has 0 spiro atoms. The van der Waals surface area contributed by atoms with E-state index in [2.05, 4.69) is 15.6 Å². The number of hydrogen-bond donors (Lipinski definition) is 3. The van der Waals surface area contributed by atoms with Crippen LogP contribution in [0.5, 0.6) is 0 Å². The average Bonchev–Trinajstić information content (AvgIpc) is 2.92. The SMILES string of the molecule is O=C(NCCNC1CCCCCC1)c1cc(=O)[nH]c2ccc([N+](=O)[O-])cc12. The van der Waals surface area contributed by atoms with Gasteiger partial charge in [0.1, 0.15) is 0 Å². The highest BCUT2D eigenvalue weighted by Crippen LogP contribution is 2.21. The lowest BCUT2D eigenvalue weighted by molar-refractivity contribution is -0.384. The minimum absolute atomic E-state index is 0.126. The highest BCUT2D eigenvalue weighted by molar-refractivity contribution is 6.06. The van der Waals surface area contributed by atoms with Crippen molar-refractivity contribution in [2.75, 3.05) is 13.1 Å². The molecule has 0 unspecified atom stereocenters. The van der Waals surface area contributed by atoms with Gasteiger partial charge in [-0.25, -0.2) is 0 Å². The predicted molar refractivity (Wildman–Crippen MR) is 103 cm³/mol. The van der Waals surface area contributed by atoms with Crippen molar-refractivity contribution in [2.45, 2.75) is 44.6 Å². The molecule has 1 saturated carbocycles. The van der Waals surface area contributed by atoms with E-state index < -0.39 is 16.4 Å². The molecule has 27 heavy (non-hydrogen) atoms. The fourth-order valence-electron chi connectivity index (χ4n) is 3.57. The van der Waals surface area contributed by atoms with Crippen LogP contribution in [0.4, 0.5) is 5.69 Å². The van der Waals surface area contributed by atoms with Crippen LogP contribution in [0.3, 0.4) is 0 Å². The minimum Gasteiger partial charge on any atom is -0.351 e. The van der Waals surface area contributed by atoms with Crippen molar-refractivity contribution in [1.29, 1.82) is 0 Å². The van der Waals surface area contributed by atoms with Gasteiger partial charge in [0.05, 0.1) is 10.5 Å². The number of pyridine rings is 1. The van der Waals surface area contributed by atoms with Crippen LogP contribution in [-0.4, -0.2) is 34.9 Å². The molecule has 1 amide bonds. The lowest BCUT2D eigenvalue weighted by Gasteiger charge is -2.16. The summed E-state index contributed by atoms with van der Waals surface area (Å²) in [6, 6.07) is 5.73. The number of fused-ring (bicyclic) bond motifs is 1. The number of carbonyl (C=O) groups is 1. The number of hydrogen-bond acceptors (Lipinski definition) is 5. The Kier molecular flexibility index (Phi) is 6.18. The number of benzene rings is 1. The van der Waals surface area contributed by atoms with Crippen LogP contribution in [-0.2, 0) is 0 Å². The molecule has 1 fully saturated rings. The smallest absolute Gasteiger partial charge is 0.270 e. The number of aromatic nitrogens is 1. The first-order valence-electron chi connectivity index (χ1n) is 9.37. The van der Waals surface area contributed by atoms with Gasteiger partial charge >= 0.3 is 0 Å². The molecule has 3 N–H and O–H groups in total. The number of aromatic amines is 1. The number of H-pyrrole nitrogens is 1. The molecule has 0 atom stereocenters. The third-order valence-electron chi connectivity index (χ3n) is 4.98. The number of nitrogens with one attached hydrogen (secondary N) is 3. The molecule has 8 nitrogen and oxygen atoms in total. The Morgan fingerprint density at radius 2 is 1.89 bits per heavy atom. The van der Waals surface area contributed by atoms with E-state index in [1.807, 2.05) is 0 Å². The summed E-state index contributed by atoms with van der Waals surface area (Å²) in [5.41, 5.74) is -0.00143. The number of non-ortho nitro benzene ring substituents is 1. The third kappa shape index (κ3) is 4.91. The monoisotopic (exact) mass is 372 g/mol. The molecule has 2 aromatic rings. The topological polar surface area (TPSA) is 117 Å². The zero-order valence-corrected chi connectivity index (χ0v) is 15.1. The van der Waals surface area contributed by atoms with Crippen LogP contribution in [0.15, 0.2) is 29.1 Å². The van der Waals surface area contributed by atoms with Gasteiger partial charge in [-0.15, -0.1) is 0 Å². The summed E-state index contributed by atoms with van der Waals surface area (Å²) in [6.07, 6.45) is 7.38. The lowest BCUT2D eigenvalue weighted by Crippen LogP contribution is -2.37. The quantitative estimate of drug-likeness (QED) is 0.312. The maximum atomic E-state index is 12.5. The van der Waals surface area contributed by atoms with Crippen molar-refractivity contribution in [3.63, 3.8) is 0 Å². The number of carbonyl (C=O) groups excluding carboxylic acids is 1. The molecule has 3 rings (SSSR count). The van der Waals surface area contributed by atoms with Gasteiger partial charge in [-0.05, 0) is 18.9 Å². The number of nitrogens with zero attached hydrogens (tertiary/aromatic N) is 1. The molecule has 0 saturated heterocycles. The van der Waals surface area contributed by atoms with Gasteiger partial charge in [0.25, 0.3) is 11.6 Å². The van der Waals surface area contributed by atoms with Crippen molar-refractivity contribution in [3.8, 4) is 0 Å². The molecule has 0 aliphatic heterocycles. The number of nitro groups is 1. The average molecular weight is 372 g/mol. The Morgan fingerprint density at radius 3 is 2.59 bits per heavy atom. The van der Waals surface area contributed by atoms with Gasteiger partial charge in [-0.3, -0.25) is 19.7 Å². The number of amides is 1. The van der Waals surface area contributed by atoms with Gasteiger partial charge in [-0.1, -0.05) is 25.7 Å². The van der Waals surface area contributed by atoms with Gasteiger partial charge in [0.2, 0.25) is 5.56 Å². The van der Waals surface area contributed by atoms with Gasteiger partial charge in [-0.2, -0.15) is 0 Å². The largest absolute Gasteiger partial charge is 0.351 e. The summed E-state index contributed by atoms with van der Waals surface area (Å²) in [6.45, 7) is 1.08. The molecule has 1 aromatic heterocycles. The van der Waals surface area contributed by atoms with Crippen LogP contribution in [0.25, 0.3) is 10.9 Å². The second-order valence-corrected chi connectivity index (χ2v) is 6.93. The molecular weight excluding hydrogens is 348 g/mol. The molecule has 8 heteroatoms. The fraction of sp³-hybridized carbons (Fsp3) is 0.474. The van der Waals surface area contributed by atoms with Crippen molar-refractivity contribution in [3.05, 3.63) is 50.3 Å². The molecule has 1 heterocycles. The Labute approximate surface area is 156 Å². The zero-order chi connectivity index (χ0) is 19.2. The molecule has 1 aliphatic carbocycles. The maximum Gasteiger partial charge on any atom is 0.270 e. The number of nitro benzene ring substituents is 1. The van der Waals surface area contributed by atoms with E-state index in [0.29, 0.717) is 30.0 Å². The van der Waals surface area contributed by atoms with Gasteiger partial charge < -0.3 is 15.6 Å². The van der Waals surface area contributed by atoms with E-state index in [1.165, 1.54) is 49.9 Å². The van der Waals surface area contributed by atoms with E-state index in [4.69, 9.17) is 0 Å². The fourth-order valence-corrected chi connectivity index (χ4v) is 3.57. The summed E-state index contributed by atoms with van der Waals surface area (Å²) in [5.74, 6) is -0.408. The molecule has 0 bridgehead atoms. The first-order chi connectivity index (χ1) is 13.0. The Hall–Kier alpha value is -2.74. The molecule has 1 aromatic carbocycles. The highest BCUT2D eigenvalue weighted by Gasteiger charge is 2.16. The molecule has 1 aliphatic rings. The third-order valence-corrected chi connectivity index (χ3v) is 4.98. The predicted octanol–water partition coefficient (Wildman–Crippen LogP) is 2.48. The first kappa shape index (κ1) is 19.0. The summed E-state index contributed by atoms with van der Waals surface area (Å²) >= 11 is 0. The Balaban J connectivity index is 1.66. The van der Waals surface area contributed by atoms with E-state index in [0.717, 1.165) is 12.8 Å². The second-order valence-electron chi connectivity index (χ2n) is 6.93. The summed E-state index contributed by atoms with van der Waals surface area (Å²) in [7, 11) is 0. The summed E-state index contributed by atoms with van der Waals surface area (Å²) in [4.78, 5) is 37.4. The van der Waals surface area contributed by atoms with Crippen molar-refractivity contribution in [2.24, 2.45) is 0 Å². The zero-order valence-electron chi connectivity index (χ0n) is 15.1. The standard InChI is InChI=1S/C19H24N4O4/c24-18-12-16(15-11-14(23(26)27)7-8-17(15)22-18)19(25)21-10-9-20-13-5-3-1-2-4-6-13/h7-8,11-13,20H,1-6,9-10H2,(H,21,25)(H,22,24). The van der Waals surface area contributed by atoms with E-state index in [-0.39, 0.29) is 11.3 Å². The van der Waals surface area contributed by atoms with E-state index >= 15 is 0 Å². The Bertz CT molecular complexity index is 885. The molecular formula is C19H24N4O4. The molecule has 0 radical (unpaired) electrons. The van der Waals surface area contributed by atoms with E-state index in [1.54, 1.807) is 0 Å². The number of rotatable bonds is 6. The van der Waals surface area contributed by atoms with Crippen molar-refractivity contribution < 1.29 is 9.72 Å². The Morgan fingerprint density at radius 1 is 1.15 bits per heavy atom. The van der Waals surface area contributed by atoms with Crippen LogP contribution in [0.1, 0.15) is 48.9 Å². The highest BCUT2D eigenvalue weighted by atomic mass is 16.6. The summed E-state index contributed by atoms with van der Waals surface area (Å²) < 4.78 is 0. The molecule has 144 valence electrons. The van der Waals surface area contributed by atoms with Gasteiger partial charge in [0, 0.05) is 48.2 Å². The van der Waals surface area contributed by atoms with Crippen LogP contribution in [0, 0.1) is 10.1 Å². The van der Waals surface area contributed by atoms with Crippen LogP contribution < -0.4 is 16.2 Å². The van der Waals surface area contributed by atoms with Crippen molar-refractivity contribution in [1.82, 2.24) is 15.6 Å². The first-order valence-corrected chi connectivity index (χ1v) is 9.37. The van der Waals surface area contributed by atoms with Crippen LogP contribution >= 0.6 is 0 Å². The lowest BCUT2D eigenvalue weighted by atomic mass is 10.1. The summed E-state index contributed by atoms with van der Waals surface area (Å²) in [5, 5.41) is 17.6. The van der Waals surface area contributed by atoms with Crippen molar-refractivity contribution >= 4 is 22.5 Å². The normalized spacial score (nSPS) is 15.4. The maximum absolute atomic E-state index is 12.5. The second kappa shape index (κ2) is 8.77. The minimum atomic E-state index is -0.525. The van der Waals surface area contributed by atoms with E-state index in [9.17, 15) is 19.7 Å².